The first-order valence-corrected chi connectivity index (χ1v) is 7.05. The molecule has 6 atom stereocenters. The topological polar surface area (TPSA) is 20.2 Å². The summed E-state index contributed by atoms with van der Waals surface area (Å²) in [4.78, 5) is 1.41. The van der Waals surface area contributed by atoms with Crippen LogP contribution in [0, 0.1) is 30.6 Å². The van der Waals surface area contributed by atoms with E-state index in [1.165, 1.54) is 16.9 Å². The van der Waals surface area contributed by atoms with Gasteiger partial charge in [0.1, 0.15) is 0 Å². The number of aliphatic hydroxyl groups is 1. The summed E-state index contributed by atoms with van der Waals surface area (Å²) in [5, 5.41) is 10.8. The number of benzene rings is 1. The molecular weight excluding hydrogens is 216 g/mol. The SMILES string of the molecule is Cc1ccccc1S[C@@H]1C2C3[C@H]2C[C@H]1[C@@H]3O. The molecule has 2 heteroatoms. The lowest BCUT2D eigenvalue weighted by Crippen LogP contribution is -2.17. The van der Waals surface area contributed by atoms with Crippen LogP contribution in [0.3, 0.4) is 0 Å². The van der Waals surface area contributed by atoms with Gasteiger partial charge in [-0.2, -0.15) is 0 Å². The summed E-state index contributed by atoms with van der Waals surface area (Å²) in [7, 11) is 0. The van der Waals surface area contributed by atoms with E-state index in [1.54, 1.807) is 0 Å². The highest BCUT2D eigenvalue weighted by Gasteiger charge is 2.73. The summed E-state index contributed by atoms with van der Waals surface area (Å²) >= 11 is 2.02. The van der Waals surface area contributed by atoms with Crippen LogP contribution in [0.15, 0.2) is 29.2 Å². The molecule has 0 radical (unpaired) electrons. The largest absolute Gasteiger partial charge is 0.392 e. The van der Waals surface area contributed by atoms with Crippen molar-refractivity contribution in [3.8, 4) is 0 Å². The number of aryl methyl sites for hydroxylation is 1. The van der Waals surface area contributed by atoms with E-state index in [0.717, 1.165) is 11.8 Å². The summed E-state index contributed by atoms with van der Waals surface area (Å²) in [6.07, 6.45) is 1.32. The lowest BCUT2D eigenvalue weighted by atomic mass is 10.1. The lowest BCUT2D eigenvalue weighted by molar-refractivity contribution is 0.136. The Morgan fingerprint density at radius 2 is 2.00 bits per heavy atom. The predicted octanol–water partition coefficient (Wildman–Crippen LogP) is 2.71. The number of aliphatic hydroxyl groups excluding tert-OH is 1. The minimum Gasteiger partial charge on any atom is -0.392 e. The van der Waals surface area contributed by atoms with Gasteiger partial charge in [0.25, 0.3) is 0 Å². The molecule has 0 saturated heterocycles. The minimum atomic E-state index is 0.0246. The van der Waals surface area contributed by atoms with Crippen LogP contribution < -0.4 is 0 Å². The Bertz CT molecular complexity index is 444. The molecule has 16 heavy (non-hydrogen) atoms. The second-order valence-corrected chi connectivity index (χ2v) is 6.78. The molecule has 4 aliphatic carbocycles. The molecule has 0 amide bonds. The highest BCUT2D eigenvalue weighted by Crippen LogP contribution is 2.73. The zero-order chi connectivity index (χ0) is 10.9. The Labute approximate surface area is 100 Å². The maximum absolute atomic E-state index is 10.1. The molecule has 5 rings (SSSR count). The van der Waals surface area contributed by atoms with Gasteiger partial charge in [0, 0.05) is 10.1 Å². The molecule has 2 unspecified atom stereocenters. The van der Waals surface area contributed by atoms with Gasteiger partial charge in [-0.25, -0.2) is 0 Å². The number of hydrogen-bond donors (Lipinski definition) is 1. The fourth-order valence-corrected chi connectivity index (χ4v) is 5.73. The van der Waals surface area contributed by atoms with E-state index in [4.69, 9.17) is 0 Å². The quantitative estimate of drug-likeness (QED) is 0.846. The van der Waals surface area contributed by atoms with Gasteiger partial charge in [-0.05, 0) is 48.6 Å². The van der Waals surface area contributed by atoms with Gasteiger partial charge in [-0.1, -0.05) is 18.2 Å². The third-order valence-corrected chi connectivity index (χ3v) is 6.48. The minimum absolute atomic E-state index is 0.0246. The second-order valence-electron chi connectivity index (χ2n) is 5.56. The molecule has 0 aromatic heterocycles. The van der Waals surface area contributed by atoms with E-state index in [9.17, 15) is 5.11 Å². The molecular formula is C14H16OS. The lowest BCUT2D eigenvalue weighted by Gasteiger charge is -2.17. The third-order valence-electron chi connectivity index (χ3n) is 4.83. The number of hydrogen-bond acceptors (Lipinski definition) is 2. The Morgan fingerprint density at radius 3 is 2.56 bits per heavy atom. The van der Waals surface area contributed by atoms with Crippen molar-refractivity contribution in [2.45, 2.75) is 29.6 Å². The summed E-state index contributed by atoms with van der Waals surface area (Å²) in [5.41, 5.74) is 1.38. The summed E-state index contributed by atoms with van der Waals surface area (Å²) in [6, 6.07) is 8.63. The molecule has 0 spiro atoms. The van der Waals surface area contributed by atoms with Gasteiger partial charge in [0.15, 0.2) is 0 Å². The summed E-state index contributed by atoms with van der Waals surface area (Å²) in [6.45, 7) is 2.18. The fraction of sp³-hybridized carbons (Fsp3) is 0.571. The maximum Gasteiger partial charge on any atom is 0.0613 e. The van der Waals surface area contributed by atoms with Gasteiger partial charge >= 0.3 is 0 Å². The number of rotatable bonds is 2. The van der Waals surface area contributed by atoms with Crippen LogP contribution in [0.5, 0.6) is 0 Å². The molecule has 4 saturated carbocycles. The molecule has 1 nitrogen and oxygen atoms in total. The van der Waals surface area contributed by atoms with E-state index in [0.29, 0.717) is 17.1 Å². The van der Waals surface area contributed by atoms with E-state index in [2.05, 4.69) is 31.2 Å². The van der Waals surface area contributed by atoms with Crippen molar-refractivity contribution >= 4 is 11.8 Å². The van der Waals surface area contributed by atoms with Crippen molar-refractivity contribution in [3.63, 3.8) is 0 Å². The molecule has 4 bridgehead atoms. The van der Waals surface area contributed by atoms with Crippen LogP contribution in [0.1, 0.15) is 12.0 Å². The van der Waals surface area contributed by atoms with Gasteiger partial charge in [0.05, 0.1) is 6.10 Å². The first-order valence-electron chi connectivity index (χ1n) is 6.18. The van der Waals surface area contributed by atoms with Crippen molar-refractivity contribution < 1.29 is 5.11 Å². The van der Waals surface area contributed by atoms with Gasteiger partial charge < -0.3 is 5.11 Å². The molecule has 4 fully saturated rings. The first-order chi connectivity index (χ1) is 7.77. The van der Waals surface area contributed by atoms with Crippen molar-refractivity contribution in [1.82, 2.24) is 0 Å². The van der Waals surface area contributed by atoms with Crippen molar-refractivity contribution in [2.24, 2.45) is 23.7 Å². The standard InChI is InChI=1S/C14H16OS/c1-7-4-2-3-5-10(7)16-14-9-6-8-11(12(8)14)13(9)15/h2-5,8-9,11-15H,6H2,1H3/t8-,9+,11?,12?,13+,14+/m1/s1. The van der Waals surface area contributed by atoms with Crippen molar-refractivity contribution in [1.29, 1.82) is 0 Å². The van der Waals surface area contributed by atoms with Crippen LogP contribution in [-0.4, -0.2) is 16.5 Å². The molecule has 0 heterocycles. The first kappa shape index (κ1) is 9.55. The molecule has 0 aliphatic heterocycles. The zero-order valence-corrected chi connectivity index (χ0v) is 10.2. The molecule has 1 aromatic rings. The monoisotopic (exact) mass is 232 g/mol. The molecule has 1 N–H and O–H groups in total. The molecule has 1 aromatic carbocycles. The Hall–Kier alpha value is -0.470. The van der Waals surface area contributed by atoms with E-state index >= 15 is 0 Å². The van der Waals surface area contributed by atoms with Gasteiger partial charge in [-0.3, -0.25) is 0 Å². The summed E-state index contributed by atoms with van der Waals surface area (Å²) < 4.78 is 0. The smallest absolute Gasteiger partial charge is 0.0613 e. The van der Waals surface area contributed by atoms with E-state index in [1.807, 2.05) is 11.8 Å². The van der Waals surface area contributed by atoms with Gasteiger partial charge in [0.2, 0.25) is 0 Å². The Balaban J connectivity index is 1.60. The van der Waals surface area contributed by atoms with E-state index < -0.39 is 0 Å². The van der Waals surface area contributed by atoms with Crippen LogP contribution in [0.2, 0.25) is 0 Å². The van der Waals surface area contributed by atoms with Crippen LogP contribution in [-0.2, 0) is 0 Å². The molecule has 84 valence electrons. The predicted molar refractivity (Wildman–Crippen MR) is 65.4 cm³/mol. The van der Waals surface area contributed by atoms with E-state index in [-0.39, 0.29) is 6.10 Å². The maximum atomic E-state index is 10.1. The second kappa shape index (κ2) is 3.05. The van der Waals surface area contributed by atoms with Crippen LogP contribution >= 0.6 is 11.8 Å². The van der Waals surface area contributed by atoms with Gasteiger partial charge in [-0.15, -0.1) is 11.8 Å². The van der Waals surface area contributed by atoms with Crippen molar-refractivity contribution in [3.05, 3.63) is 29.8 Å². The zero-order valence-electron chi connectivity index (χ0n) is 9.34. The Morgan fingerprint density at radius 1 is 1.19 bits per heavy atom. The normalized spacial score (nSPS) is 47.4. The van der Waals surface area contributed by atoms with Crippen molar-refractivity contribution in [2.75, 3.05) is 0 Å². The Kier molecular flexibility index (Phi) is 1.82. The highest BCUT2D eigenvalue weighted by atomic mass is 32.2. The average molecular weight is 232 g/mol. The van der Waals surface area contributed by atoms with Crippen LogP contribution in [0.25, 0.3) is 0 Å². The summed E-state index contributed by atoms with van der Waals surface area (Å²) in [5.74, 6) is 2.97. The van der Waals surface area contributed by atoms with Crippen LogP contribution in [0.4, 0.5) is 0 Å². The third kappa shape index (κ3) is 1.07. The number of thioether (sulfide) groups is 1. The molecule has 4 aliphatic rings. The fourth-order valence-electron chi connectivity index (χ4n) is 4.04. The average Bonchev–Trinajstić information content (AvgIpc) is 2.58. The highest BCUT2D eigenvalue weighted by molar-refractivity contribution is 8.00.